The van der Waals surface area contributed by atoms with Crippen LogP contribution in [-0.2, 0) is 0 Å². The van der Waals surface area contributed by atoms with Crippen molar-refractivity contribution in [2.75, 3.05) is 19.7 Å². The molecule has 0 spiro atoms. The quantitative estimate of drug-likeness (QED) is 0.759. The first-order valence-electron chi connectivity index (χ1n) is 5.95. The molecule has 0 heterocycles. The first-order valence-corrected chi connectivity index (χ1v) is 6.70. The molecule has 0 radical (unpaired) electrons. The van der Waals surface area contributed by atoms with E-state index in [1.165, 1.54) is 0 Å². The van der Waals surface area contributed by atoms with E-state index in [2.05, 4.69) is 12.2 Å². The number of benzene rings is 1. The van der Waals surface area contributed by atoms with Gasteiger partial charge in [-0.15, -0.1) is 0 Å². The molecule has 2 N–H and O–H groups in total. The lowest BCUT2D eigenvalue weighted by Gasteiger charge is -2.24. The van der Waals surface area contributed by atoms with Gasteiger partial charge in [-0.1, -0.05) is 30.1 Å². The van der Waals surface area contributed by atoms with Crippen LogP contribution in [0.4, 0.5) is 0 Å². The van der Waals surface area contributed by atoms with Crippen molar-refractivity contribution in [3.8, 4) is 5.75 Å². The molecule has 1 rings (SSSR count). The Morgan fingerprint density at radius 1 is 1.28 bits per heavy atom. The first kappa shape index (κ1) is 15.6. The fourth-order valence-corrected chi connectivity index (χ4v) is 1.94. The lowest BCUT2D eigenvalue weighted by molar-refractivity contribution is 0.0125. The van der Waals surface area contributed by atoms with Gasteiger partial charge in [-0.3, -0.25) is 0 Å². The highest BCUT2D eigenvalue weighted by Gasteiger charge is 2.20. The zero-order valence-electron chi connectivity index (χ0n) is 10.7. The number of hydrogen-bond donors (Lipinski definition) is 2. The van der Waals surface area contributed by atoms with Gasteiger partial charge in [-0.25, -0.2) is 0 Å². The molecule has 0 aliphatic carbocycles. The van der Waals surface area contributed by atoms with Crippen LogP contribution < -0.4 is 10.1 Å². The molecule has 0 saturated carbocycles. The summed E-state index contributed by atoms with van der Waals surface area (Å²) in [6, 6.07) is 4.98. The maximum absolute atomic E-state index is 10.1. The predicted octanol–water partition coefficient (Wildman–Crippen LogP) is 3.12. The van der Waals surface area contributed by atoms with Gasteiger partial charge >= 0.3 is 0 Å². The van der Waals surface area contributed by atoms with Gasteiger partial charge in [-0.2, -0.15) is 0 Å². The van der Waals surface area contributed by atoms with E-state index in [9.17, 15) is 5.11 Å². The van der Waals surface area contributed by atoms with Crippen molar-refractivity contribution in [1.29, 1.82) is 0 Å². The van der Waals surface area contributed by atoms with Crippen molar-refractivity contribution in [2.24, 2.45) is 0 Å². The van der Waals surface area contributed by atoms with Gasteiger partial charge in [0.25, 0.3) is 0 Å². The molecule has 18 heavy (non-hydrogen) atoms. The normalized spacial score (nSPS) is 14.3. The maximum Gasteiger partial charge on any atom is 0.122 e. The number of hydrogen-bond acceptors (Lipinski definition) is 3. The Morgan fingerprint density at radius 3 is 2.44 bits per heavy atom. The lowest BCUT2D eigenvalue weighted by atomic mass is 10.1. The van der Waals surface area contributed by atoms with Crippen LogP contribution in [0.1, 0.15) is 20.3 Å². The third kappa shape index (κ3) is 5.91. The minimum Gasteiger partial charge on any atom is -0.490 e. The summed E-state index contributed by atoms with van der Waals surface area (Å²) in [5, 5.41) is 14.3. The number of rotatable bonds is 7. The zero-order valence-corrected chi connectivity index (χ0v) is 12.2. The molecule has 0 amide bonds. The van der Waals surface area contributed by atoms with Crippen molar-refractivity contribution in [3.63, 3.8) is 0 Å². The first-order chi connectivity index (χ1) is 8.43. The highest BCUT2D eigenvalue weighted by atomic mass is 35.5. The molecule has 102 valence electrons. The van der Waals surface area contributed by atoms with Gasteiger partial charge in [-0.05, 0) is 38.1 Å². The minimum absolute atomic E-state index is 0.181. The van der Waals surface area contributed by atoms with Crippen LogP contribution in [0.2, 0.25) is 10.0 Å². The monoisotopic (exact) mass is 291 g/mol. The summed E-state index contributed by atoms with van der Waals surface area (Å²) in [6.45, 7) is 5.34. The second kappa shape index (κ2) is 7.19. The van der Waals surface area contributed by atoms with Crippen LogP contribution >= 0.6 is 23.2 Å². The summed E-state index contributed by atoms with van der Waals surface area (Å²) in [4.78, 5) is 0. The Morgan fingerprint density at radius 2 is 1.89 bits per heavy atom. The third-order valence-corrected chi connectivity index (χ3v) is 2.75. The van der Waals surface area contributed by atoms with Gasteiger partial charge in [0.05, 0.1) is 0 Å². The van der Waals surface area contributed by atoms with E-state index >= 15 is 0 Å². The average Bonchev–Trinajstić information content (AvgIpc) is 2.25. The SMILES string of the molecule is CCCNCC(C)(O)COc1cc(Cl)cc(Cl)c1. The molecule has 1 aromatic rings. The van der Waals surface area contributed by atoms with E-state index in [-0.39, 0.29) is 6.61 Å². The third-order valence-electron chi connectivity index (χ3n) is 2.32. The Hall–Kier alpha value is -0.480. The molecule has 0 saturated heterocycles. The highest BCUT2D eigenvalue weighted by molar-refractivity contribution is 6.34. The molecule has 5 heteroatoms. The number of nitrogens with one attached hydrogen (secondary N) is 1. The Balaban J connectivity index is 2.47. The molecule has 0 aromatic heterocycles. The van der Waals surface area contributed by atoms with Crippen LogP contribution in [0.5, 0.6) is 5.75 Å². The van der Waals surface area contributed by atoms with Crippen LogP contribution in [0, 0.1) is 0 Å². The van der Waals surface area contributed by atoms with Crippen LogP contribution in [0.25, 0.3) is 0 Å². The molecule has 0 aliphatic rings. The standard InChI is InChI=1S/C13H19Cl2NO2/c1-3-4-16-8-13(2,17)9-18-12-6-10(14)5-11(15)7-12/h5-7,16-17H,3-4,8-9H2,1-2H3. The van der Waals surface area contributed by atoms with Crippen molar-refractivity contribution in [2.45, 2.75) is 25.9 Å². The highest BCUT2D eigenvalue weighted by Crippen LogP contribution is 2.24. The summed E-state index contributed by atoms with van der Waals surface area (Å²) in [5.41, 5.74) is -0.927. The van der Waals surface area contributed by atoms with Crippen LogP contribution in [0.3, 0.4) is 0 Å². The topological polar surface area (TPSA) is 41.5 Å². The predicted molar refractivity (Wildman–Crippen MR) is 75.7 cm³/mol. The van der Waals surface area contributed by atoms with E-state index in [0.29, 0.717) is 22.3 Å². The van der Waals surface area contributed by atoms with E-state index in [4.69, 9.17) is 27.9 Å². The Bertz CT molecular complexity index is 363. The van der Waals surface area contributed by atoms with Crippen molar-refractivity contribution in [1.82, 2.24) is 5.32 Å². The summed E-state index contributed by atoms with van der Waals surface area (Å²) in [7, 11) is 0. The van der Waals surface area contributed by atoms with Crippen LogP contribution in [-0.4, -0.2) is 30.4 Å². The van der Waals surface area contributed by atoms with Crippen molar-refractivity contribution in [3.05, 3.63) is 28.2 Å². The fraction of sp³-hybridized carbons (Fsp3) is 0.538. The molecule has 3 nitrogen and oxygen atoms in total. The summed E-state index contributed by atoms with van der Waals surface area (Å²) >= 11 is 11.7. The number of aliphatic hydroxyl groups is 1. The molecule has 1 aromatic carbocycles. The van der Waals surface area contributed by atoms with E-state index in [1.807, 2.05) is 0 Å². The molecule has 0 bridgehead atoms. The summed E-state index contributed by atoms with van der Waals surface area (Å²) in [6.07, 6.45) is 1.03. The number of ether oxygens (including phenoxy) is 1. The van der Waals surface area contributed by atoms with E-state index in [1.54, 1.807) is 25.1 Å². The zero-order chi connectivity index (χ0) is 13.6. The minimum atomic E-state index is -0.927. The Kier molecular flexibility index (Phi) is 6.22. The lowest BCUT2D eigenvalue weighted by Crippen LogP contribution is -2.43. The van der Waals surface area contributed by atoms with Gasteiger partial charge in [0, 0.05) is 16.6 Å². The van der Waals surface area contributed by atoms with E-state index < -0.39 is 5.60 Å². The second-order valence-electron chi connectivity index (χ2n) is 4.57. The van der Waals surface area contributed by atoms with Gasteiger partial charge in [0.2, 0.25) is 0 Å². The fourth-order valence-electron chi connectivity index (χ4n) is 1.44. The molecule has 1 unspecified atom stereocenters. The van der Waals surface area contributed by atoms with Crippen LogP contribution in [0.15, 0.2) is 18.2 Å². The second-order valence-corrected chi connectivity index (χ2v) is 5.44. The van der Waals surface area contributed by atoms with E-state index in [0.717, 1.165) is 13.0 Å². The maximum atomic E-state index is 10.1. The molecular weight excluding hydrogens is 273 g/mol. The van der Waals surface area contributed by atoms with Gasteiger partial charge in [0.1, 0.15) is 18.0 Å². The van der Waals surface area contributed by atoms with Gasteiger partial charge in [0.15, 0.2) is 0 Å². The summed E-state index contributed by atoms with van der Waals surface area (Å²) in [5.74, 6) is 0.559. The molecule has 0 fully saturated rings. The smallest absolute Gasteiger partial charge is 0.122 e. The average molecular weight is 292 g/mol. The largest absolute Gasteiger partial charge is 0.490 e. The van der Waals surface area contributed by atoms with Gasteiger partial charge < -0.3 is 15.2 Å². The molecule has 0 aliphatic heterocycles. The van der Waals surface area contributed by atoms with Crippen molar-refractivity contribution >= 4 is 23.2 Å². The molecule has 1 atom stereocenters. The Labute approximate surface area is 118 Å². The molecular formula is C13H19Cl2NO2. The van der Waals surface area contributed by atoms with Crippen molar-refractivity contribution < 1.29 is 9.84 Å². The number of halogens is 2. The summed E-state index contributed by atoms with van der Waals surface area (Å²) < 4.78 is 5.50.